The van der Waals surface area contributed by atoms with E-state index in [4.69, 9.17) is 0 Å². The third-order valence-corrected chi connectivity index (χ3v) is 4.85. The van der Waals surface area contributed by atoms with E-state index >= 15 is 0 Å². The van der Waals surface area contributed by atoms with E-state index in [9.17, 15) is 5.11 Å². The van der Waals surface area contributed by atoms with Gasteiger partial charge in [0.1, 0.15) is 5.75 Å². The smallest absolute Gasteiger partial charge is 0.123 e. The van der Waals surface area contributed by atoms with E-state index in [2.05, 4.69) is 67.5 Å². The Labute approximate surface area is 144 Å². The van der Waals surface area contributed by atoms with Crippen LogP contribution in [0.1, 0.15) is 97.8 Å². The fraction of sp³-hybridized carbons (Fsp3) is 0.727. The van der Waals surface area contributed by atoms with Crippen LogP contribution in [0.5, 0.6) is 5.75 Å². The highest BCUT2D eigenvalue weighted by Gasteiger charge is 2.26. The number of phenols is 1. The van der Waals surface area contributed by atoms with Crippen LogP contribution >= 0.6 is 0 Å². The van der Waals surface area contributed by atoms with E-state index in [-0.39, 0.29) is 10.8 Å². The lowest BCUT2D eigenvalue weighted by molar-refractivity contribution is 0.419. The molecule has 0 saturated carbocycles. The molecule has 1 nitrogen and oxygen atoms in total. The molecule has 0 bridgehead atoms. The van der Waals surface area contributed by atoms with E-state index in [0.717, 1.165) is 23.5 Å². The van der Waals surface area contributed by atoms with E-state index in [1.54, 1.807) is 0 Å². The van der Waals surface area contributed by atoms with Gasteiger partial charge in [0.15, 0.2) is 0 Å². The number of hydrogen-bond acceptors (Lipinski definition) is 1. The summed E-state index contributed by atoms with van der Waals surface area (Å²) in [7, 11) is 0. The molecule has 23 heavy (non-hydrogen) atoms. The van der Waals surface area contributed by atoms with Crippen LogP contribution in [0.25, 0.3) is 0 Å². The molecule has 0 aliphatic rings. The molecule has 0 amide bonds. The minimum Gasteiger partial charge on any atom is -0.507 e. The molecule has 1 aromatic carbocycles. The maximum Gasteiger partial charge on any atom is 0.123 e. The Morgan fingerprint density at radius 2 is 1.39 bits per heavy atom. The summed E-state index contributed by atoms with van der Waals surface area (Å²) in [5, 5.41) is 10.8. The molecule has 1 rings (SSSR count). The monoisotopic (exact) mass is 318 g/mol. The lowest BCUT2D eigenvalue weighted by atomic mass is 9.77. The van der Waals surface area contributed by atoms with Crippen molar-refractivity contribution in [1.82, 2.24) is 0 Å². The summed E-state index contributed by atoms with van der Waals surface area (Å²) in [5.74, 6) is 1.25. The predicted molar refractivity (Wildman–Crippen MR) is 103 cm³/mol. The van der Waals surface area contributed by atoms with Gasteiger partial charge in [-0.3, -0.25) is 0 Å². The normalized spacial score (nSPS) is 14.1. The largest absolute Gasteiger partial charge is 0.507 e. The van der Waals surface area contributed by atoms with Gasteiger partial charge in [-0.05, 0) is 39.9 Å². The number of unbranched alkanes of at least 4 members (excludes halogenated alkanes) is 1. The van der Waals surface area contributed by atoms with Gasteiger partial charge >= 0.3 is 0 Å². The van der Waals surface area contributed by atoms with Gasteiger partial charge < -0.3 is 5.11 Å². The molecule has 1 unspecified atom stereocenters. The van der Waals surface area contributed by atoms with Crippen LogP contribution in [0, 0.1) is 5.92 Å². The first-order valence-corrected chi connectivity index (χ1v) is 9.37. The van der Waals surface area contributed by atoms with Crippen molar-refractivity contribution in [3.05, 3.63) is 28.8 Å². The van der Waals surface area contributed by atoms with E-state index < -0.39 is 0 Å². The molecule has 0 aliphatic heterocycles. The summed E-state index contributed by atoms with van der Waals surface area (Å²) in [6.07, 6.45) is 6.25. The fourth-order valence-electron chi connectivity index (χ4n) is 3.23. The number of aromatic hydroxyl groups is 1. The van der Waals surface area contributed by atoms with Crippen molar-refractivity contribution in [2.24, 2.45) is 5.92 Å². The number of hydrogen-bond donors (Lipinski definition) is 1. The highest BCUT2D eigenvalue weighted by Crippen LogP contribution is 2.40. The fourth-order valence-corrected chi connectivity index (χ4v) is 3.23. The molecule has 132 valence electrons. The summed E-state index contributed by atoms with van der Waals surface area (Å²) in [6.45, 7) is 17.7. The van der Waals surface area contributed by atoms with Crippen LogP contribution in [0.4, 0.5) is 0 Å². The van der Waals surface area contributed by atoms with Crippen LogP contribution in [0.2, 0.25) is 0 Å². The maximum absolute atomic E-state index is 10.8. The van der Waals surface area contributed by atoms with E-state index in [1.165, 1.54) is 31.2 Å². The van der Waals surface area contributed by atoms with Crippen LogP contribution < -0.4 is 0 Å². The Hall–Kier alpha value is -0.980. The Balaban J connectivity index is 3.27. The minimum absolute atomic E-state index is 0.0365. The van der Waals surface area contributed by atoms with Crippen LogP contribution in [0.15, 0.2) is 12.1 Å². The van der Waals surface area contributed by atoms with Crippen molar-refractivity contribution in [3.8, 4) is 5.75 Å². The quantitative estimate of drug-likeness (QED) is 0.615. The van der Waals surface area contributed by atoms with Crippen molar-refractivity contribution in [3.63, 3.8) is 0 Å². The van der Waals surface area contributed by atoms with Gasteiger partial charge in [0.05, 0.1) is 0 Å². The predicted octanol–water partition coefficient (Wildman–Crippen LogP) is 6.75. The van der Waals surface area contributed by atoms with Crippen molar-refractivity contribution < 1.29 is 5.11 Å². The standard InChI is InChI=1S/C22H38O/c1-9-11-12-16(10-2)13-17-14-18(21(3,4)5)20(23)19(15-17)22(6,7)8/h14-16,23H,9-13H2,1-8H3. The van der Waals surface area contributed by atoms with Gasteiger partial charge in [-0.2, -0.15) is 0 Å². The van der Waals surface area contributed by atoms with Gasteiger partial charge in [0.2, 0.25) is 0 Å². The molecule has 0 fully saturated rings. The molecular weight excluding hydrogens is 280 g/mol. The number of phenolic OH excluding ortho intramolecular Hbond substituents is 1. The first-order valence-electron chi connectivity index (χ1n) is 9.37. The van der Waals surface area contributed by atoms with Gasteiger partial charge in [0.25, 0.3) is 0 Å². The molecule has 1 atom stereocenters. The molecule has 0 aliphatic carbocycles. The molecule has 0 saturated heterocycles. The Morgan fingerprint density at radius 1 is 0.913 bits per heavy atom. The molecule has 1 N–H and O–H groups in total. The Morgan fingerprint density at radius 3 is 1.74 bits per heavy atom. The molecule has 0 spiro atoms. The summed E-state index contributed by atoms with van der Waals surface area (Å²) >= 11 is 0. The zero-order valence-corrected chi connectivity index (χ0v) is 16.7. The summed E-state index contributed by atoms with van der Waals surface area (Å²) < 4.78 is 0. The first-order chi connectivity index (χ1) is 10.5. The van der Waals surface area contributed by atoms with Gasteiger partial charge in [0, 0.05) is 0 Å². The second-order valence-corrected chi connectivity index (χ2v) is 9.16. The highest BCUT2D eigenvalue weighted by molar-refractivity contribution is 5.50. The van der Waals surface area contributed by atoms with Crippen molar-refractivity contribution in [2.75, 3.05) is 0 Å². The minimum atomic E-state index is -0.0365. The average Bonchev–Trinajstić information content (AvgIpc) is 2.42. The topological polar surface area (TPSA) is 20.2 Å². The molecule has 0 radical (unpaired) electrons. The molecule has 0 heterocycles. The van der Waals surface area contributed by atoms with Gasteiger partial charge in [-0.15, -0.1) is 0 Å². The molecular formula is C22H38O. The lowest BCUT2D eigenvalue weighted by Gasteiger charge is -2.29. The SMILES string of the molecule is CCCCC(CC)Cc1cc(C(C)(C)C)c(O)c(C(C)(C)C)c1. The average molecular weight is 319 g/mol. The third kappa shape index (κ3) is 5.55. The van der Waals surface area contributed by atoms with Crippen molar-refractivity contribution >= 4 is 0 Å². The lowest BCUT2D eigenvalue weighted by Crippen LogP contribution is -2.18. The molecule has 1 heteroatoms. The van der Waals surface area contributed by atoms with Crippen LogP contribution in [-0.4, -0.2) is 5.11 Å². The van der Waals surface area contributed by atoms with E-state index in [1.807, 2.05) is 0 Å². The van der Waals surface area contributed by atoms with Crippen LogP contribution in [0.3, 0.4) is 0 Å². The summed E-state index contributed by atoms with van der Waals surface area (Å²) in [6, 6.07) is 4.50. The molecule has 0 aromatic heterocycles. The zero-order chi connectivity index (χ0) is 17.8. The van der Waals surface area contributed by atoms with Crippen molar-refractivity contribution in [1.29, 1.82) is 0 Å². The Kier molecular flexibility index (Phi) is 6.74. The van der Waals surface area contributed by atoms with Crippen LogP contribution in [-0.2, 0) is 17.3 Å². The van der Waals surface area contributed by atoms with Gasteiger partial charge in [-0.25, -0.2) is 0 Å². The Bertz CT molecular complexity index is 465. The second-order valence-electron chi connectivity index (χ2n) is 9.16. The third-order valence-electron chi connectivity index (χ3n) is 4.85. The molecule has 1 aromatic rings. The van der Waals surface area contributed by atoms with Gasteiger partial charge in [-0.1, -0.05) is 93.2 Å². The maximum atomic E-state index is 10.8. The number of benzene rings is 1. The summed E-state index contributed by atoms with van der Waals surface area (Å²) in [5.41, 5.74) is 3.49. The highest BCUT2D eigenvalue weighted by atomic mass is 16.3. The first kappa shape index (κ1) is 20.1. The zero-order valence-electron chi connectivity index (χ0n) is 16.7. The van der Waals surface area contributed by atoms with E-state index in [0.29, 0.717) is 5.75 Å². The second kappa shape index (κ2) is 7.73. The number of rotatable bonds is 6. The summed E-state index contributed by atoms with van der Waals surface area (Å²) in [4.78, 5) is 0. The van der Waals surface area contributed by atoms with Crippen molar-refractivity contribution in [2.45, 2.75) is 98.3 Å².